The molecule has 1 heterocycles. The molecule has 0 atom stereocenters. The van der Waals surface area contributed by atoms with Crippen molar-refractivity contribution in [2.24, 2.45) is 0 Å². The quantitative estimate of drug-likeness (QED) is 0.565. The van der Waals surface area contributed by atoms with E-state index < -0.39 is 0 Å². The van der Waals surface area contributed by atoms with E-state index in [0.29, 0.717) is 25.7 Å². The third-order valence-corrected chi connectivity index (χ3v) is 5.62. The third-order valence-electron chi connectivity index (χ3n) is 4.60. The largest absolute Gasteiger partial charge is 0.492 e. The fourth-order valence-electron chi connectivity index (χ4n) is 3.30. The van der Waals surface area contributed by atoms with Crippen LogP contribution in [-0.2, 0) is 9.47 Å². The standard InChI is InChI=1S/C20H20FIO3/c1-2-23-19-16(20-24-9-10-25-20)11-15(12-3-4-12)17(18(19)22)13-5-7-14(21)8-6-13/h5-8,11-12,20H,2-4,9-10H2,1H3. The van der Waals surface area contributed by atoms with Crippen LogP contribution in [-0.4, -0.2) is 19.8 Å². The van der Waals surface area contributed by atoms with E-state index in [0.717, 1.165) is 26.0 Å². The van der Waals surface area contributed by atoms with Crippen LogP contribution in [0.5, 0.6) is 5.75 Å². The second kappa shape index (κ2) is 7.21. The van der Waals surface area contributed by atoms with Crippen molar-refractivity contribution < 1.29 is 18.6 Å². The average Bonchev–Trinajstić information content (AvgIpc) is 3.32. The van der Waals surface area contributed by atoms with Crippen molar-refractivity contribution in [2.75, 3.05) is 19.8 Å². The zero-order valence-electron chi connectivity index (χ0n) is 14.1. The number of benzene rings is 2. The lowest BCUT2D eigenvalue weighted by Crippen LogP contribution is -2.08. The first-order valence-corrected chi connectivity index (χ1v) is 9.75. The zero-order chi connectivity index (χ0) is 17.4. The highest BCUT2D eigenvalue weighted by atomic mass is 127. The van der Waals surface area contributed by atoms with E-state index in [-0.39, 0.29) is 12.1 Å². The van der Waals surface area contributed by atoms with Gasteiger partial charge in [-0.3, -0.25) is 0 Å². The summed E-state index contributed by atoms with van der Waals surface area (Å²) in [5.74, 6) is 1.14. The summed E-state index contributed by atoms with van der Waals surface area (Å²) < 4.78 is 31.9. The highest BCUT2D eigenvalue weighted by Crippen LogP contribution is 2.50. The minimum Gasteiger partial charge on any atom is -0.492 e. The molecule has 25 heavy (non-hydrogen) atoms. The summed E-state index contributed by atoms with van der Waals surface area (Å²) in [6.07, 6.45) is 2.00. The predicted molar refractivity (Wildman–Crippen MR) is 102 cm³/mol. The molecule has 3 nitrogen and oxygen atoms in total. The summed E-state index contributed by atoms with van der Waals surface area (Å²) in [4.78, 5) is 0. The van der Waals surface area contributed by atoms with Gasteiger partial charge < -0.3 is 14.2 Å². The van der Waals surface area contributed by atoms with Crippen LogP contribution in [0.15, 0.2) is 30.3 Å². The Labute approximate surface area is 160 Å². The summed E-state index contributed by atoms with van der Waals surface area (Å²) in [7, 11) is 0. The van der Waals surface area contributed by atoms with E-state index in [4.69, 9.17) is 14.2 Å². The van der Waals surface area contributed by atoms with Gasteiger partial charge in [-0.25, -0.2) is 4.39 Å². The Kier molecular flexibility index (Phi) is 4.97. The number of ether oxygens (including phenoxy) is 3. The second-order valence-electron chi connectivity index (χ2n) is 6.36. The molecule has 2 fully saturated rings. The van der Waals surface area contributed by atoms with Gasteiger partial charge in [-0.05, 0) is 77.6 Å². The molecular weight excluding hydrogens is 434 g/mol. The van der Waals surface area contributed by atoms with Crippen molar-refractivity contribution in [3.63, 3.8) is 0 Å². The highest BCUT2D eigenvalue weighted by molar-refractivity contribution is 14.1. The van der Waals surface area contributed by atoms with Gasteiger partial charge in [-0.2, -0.15) is 0 Å². The van der Waals surface area contributed by atoms with Crippen LogP contribution in [0.1, 0.15) is 43.1 Å². The summed E-state index contributed by atoms with van der Waals surface area (Å²) in [6, 6.07) is 8.89. The van der Waals surface area contributed by atoms with E-state index in [1.54, 1.807) is 0 Å². The van der Waals surface area contributed by atoms with Crippen molar-refractivity contribution in [3.05, 3.63) is 50.8 Å². The Morgan fingerprint density at radius 2 is 1.80 bits per heavy atom. The summed E-state index contributed by atoms with van der Waals surface area (Å²) in [5.41, 5.74) is 4.42. The smallest absolute Gasteiger partial charge is 0.187 e. The van der Waals surface area contributed by atoms with Crippen molar-refractivity contribution in [1.82, 2.24) is 0 Å². The number of halogens is 2. The van der Waals surface area contributed by atoms with E-state index in [1.165, 1.54) is 30.5 Å². The molecular formula is C20H20FIO3. The maximum absolute atomic E-state index is 13.4. The number of hydrogen-bond donors (Lipinski definition) is 0. The molecule has 0 radical (unpaired) electrons. The first kappa shape index (κ1) is 17.2. The lowest BCUT2D eigenvalue weighted by molar-refractivity contribution is -0.0458. The molecule has 0 spiro atoms. The molecule has 1 aliphatic heterocycles. The van der Waals surface area contributed by atoms with Crippen LogP contribution in [0.2, 0.25) is 0 Å². The molecule has 0 bridgehead atoms. The Balaban J connectivity index is 1.90. The maximum Gasteiger partial charge on any atom is 0.187 e. The van der Waals surface area contributed by atoms with Crippen LogP contribution in [0.25, 0.3) is 11.1 Å². The van der Waals surface area contributed by atoms with Gasteiger partial charge in [0.2, 0.25) is 0 Å². The average molecular weight is 454 g/mol. The molecule has 2 aromatic carbocycles. The van der Waals surface area contributed by atoms with Gasteiger partial charge >= 0.3 is 0 Å². The van der Waals surface area contributed by atoms with E-state index in [9.17, 15) is 4.39 Å². The van der Waals surface area contributed by atoms with E-state index in [1.807, 2.05) is 19.1 Å². The number of rotatable bonds is 5. The minimum atomic E-state index is -0.366. The van der Waals surface area contributed by atoms with Gasteiger partial charge in [0.1, 0.15) is 11.6 Å². The summed E-state index contributed by atoms with van der Waals surface area (Å²) in [5, 5.41) is 0. The van der Waals surface area contributed by atoms with Crippen molar-refractivity contribution in [1.29, 1.82) is 0 Å². The first-order valence-electron chi connectivity index (χ1n) is 8.67. The molecule has 1 saturated carbocycles. The third kappa shape index (κ3) is 3.41. The van der Waals surface area contributed by atoms with Crippen molar-refractivity contribution in [2.45, 2.75) is 32.0 Å². The van der Waals surface area contributed by atoms with Gasteiger partial charge in [-0.15, -0.1) is 0 Å². The molecule has 5 heteroatoms. The van der Waals surface area contributed by atoms with Crippen LogP contribution in [0.4, 0.5) is 4.39 Å². The lowest BCUT2D eigenvalue weighted by atomic mass is 9.93. The van der Waals surface area contributed by atoms with Crippen LogP contribution < -0.4 is 4.74 Å². The highest BCUT2D eigenvalue weighted by Gasteiger charge is 2.33. The van der Waals surface area contributed by atoms with Gasteiger partial charge in [0.05, 0.1) is 29.0 Å². The molecule has 0 unspecified atom stereocenters. The molecule has 1 aliphatic carbocycles. The Morgan fingerprint density at radius 3 is 2.40 bits per heavy atom. The second-order valence-corrected chi connectivity index (χ2v) is 7.44. The summed E-state index contributed by atoms with van der Waals surface area (Å²) in [6.45, 7) is 3.75. The fraction of sp³-hybridized carbons (Fsp3) is 0.400. The van der Waals surface area contributed by atoms with Crippen LogP contribution in [0.3, 0.4) is 0 Å². The van der Waals surface area contributed by atoms with E-state index in [2.05, 4.69) is 28.7 Å². The Bertz CT molecular complexity index is 766. The minimum absolute atomic E-state index is 0.221. The lowest BCUT2D eigenvalue weighted by Gasteiger charge is -2.22. The Hall–Kier alpha value is -1.18. The van der Waals surface area contributed by atoms with Crippen molar-refractivity contribution in [3.8, 4) is 16.9 Å². The topological polar surface area (TPSA) is 27.7 Å². The molecule has 2 aromatic rings. The van der Waals surface area contributed by atoms with Gasteiger partial charge in [-0.1, -0.05) is 12.1 Å². The molecule has 0 aromatic heterocycles. The predicted octanol–water partition coefficient (Wildman–Crippen LogP) is 5.42. The normalized spacial score (nSPS) is 17.9. The zero-order valence-corrected chi connectivity index (χ0v) is 16.2. The molecule has 4 rings (SSSR count). The number of hydrogen-bond acceptors (Lipinski definition) is 3. The van der Waals surface area contributed by atoms with E-state index >= 15 is 0 Å². The fourth-order valence-corrected chi connectivity index (χ4v) is 4.39. The van der Waals surface area contributed by atoms with Crippen LogP contribution >= 0.6 is 22.6 Å². The molecule has 0 amide bonds. The SMILES string of the molecule is CCOc1c(C2OCCO2)cc(C2CC2)c(-c2ccc(F)cc2)c1I. The maximum atomic E-state index is 13.4. The summed E-state index contributed by atoms with van der Waals surface area (Å²) >= 11 is 2.35. The first-order chi connectivity index (χ1) is 12.2. The molecule has 132 valence electrons. The van der Waals surface area contributed by atoms with Crippen molar-refractivity contribution >= 4 is 22.6 Å². The van der Waals surface area contributed by atoms with Crippen LogP contribution in [0, 0.1) is 9.39 Å². The van der Waals surface area contributed by atoms with Gasteiger partial charge in [0.15, 0.2) is 6.29 Å². The van der Waals surface area contributed by atoms with Gasteiger partial charge in [0, 0.05) is 5.56 Å². The Morgan fingerprint density at radius 1 is 1.12 bits per heavy atom. The molecule has 2 aliphatic rings. The molecule has 1 saturated heterocycles. The monoisotopic (exact) mass is 454 g/mol. The molecule has 0 N–H and O–H groups in total. The van der Waals surface area contributed by atoms with Gasteiger partial charge in [0.25, 0.3) is 0 Å².